The zero-order valence-electron chi connectivity index (χ0n) is 10.3. The molecule has 1 heterocycles. The number of anilines is 1. The van der Waals surface area contributed by atoms with Crippen LogP contribution in [0.15, 0.2) is 22.7 Å². The second-order valence-electron chi connectivity index (χ2n) is 4.55. The fourth-order valence-corrected chi connectivity index (χ4v) is 1.91. The summed E-state index contributed by atoms with van der Waals surface area (Å²) in [6.45, 7) is 5.79. The predicted molar refractivity (Wildman–Crippen MR) is 63.1 cm³/mol. The summed E-state index contributed by atoms with van der Waals surface area (Å²) in [5.74, 6) is 1.11. The number of ether oxygens (including phenoxy) is 1. The number of aromatic nitrogens is 1. The SMILES string of the molecule is Cc1cc(N(O)[C@H]2C=C[C@H](OC(C)C)C2)no1. The van der Waals surface area contributed by atoms with Crippen LogP contribution in [0, 0.1) is 6.92 Å². The molecular weight excluding hydrogens is 220 g/mol. The predicted octanol–water partition coefficient (Wildman–Crippen LogP) is 2.30. The van der Waals surface area contributed by atoms with Crippen LogP contribution in [0.5, 0.6) is 0 Å². The Hall–Kier alpha value is -1.33. The molecule has 0 saturated heterocycles. The minimum absolute atomic E-state index is 0.0580. The minimum atomic E-state index is -0.108. The molecule has 1 aliphatic rings. The standard InChI is InChI=1S/C12H18N2O3/c1-8(2)16-11-5-4-10(7-11)14(15)12-6-9(3)17-13-12/h4-6,8,10-11,15H,7H2,1-3H3/t10-,11-/m0/s1. The van der Waals surface area contributed by atoms with Crippen LogP contribution >= 0.6 is 0 Å². The fourth-order valence-electron chi connectivity index (χ4n) is 1.91. The van der Waals surface area contributed by atoms with Crippen molar-refractivity contribution in [2.24, 2.45) is 0 Å². The molecule has 5 heteroatoms. The van der Waals surface area contributed by atoms with E-state index in [0.717, 1.165) is 11.5 Å². The van der Waals surface area contributed by atoms with Crippen molar-refractivity contribution >= 4 is 5.82 Å². The lowest BCUT2D eigenvalue weighted by Gasteiger charge is -2.21. The van der Waals surface area contributed by atoms with Crippen LogP contribution in [0.2, 0.25) is 0 Å². The first-order valence-electron chi connectivity index (χ1n) is 5.81. The van der Waals surface area contributed by atoms with E-state index in [-0.39, 0.29) is 18.2 Å². The largest absolute Gasteiger partial charge is 0.371 e. The van der Waals surface area contributed by atoms with Crippen LogP contribution in [0.3, 0.4) is 0 Å². The Balaban J connectivity index is 1.95. The molecule has 5 nitrogen and oxygen atoms in total. The number of hydrogen-bond donors (Lipinski definition) is 1. The molecule has 17 heavy (non-hydrogen) atoms. The molecule has 0 aromatic carbocycles. The maximum atomic E-state index is 9.99. The van der Waals surface area contributed by atoms with Gasteiger partial charge in [-0.2, -0.15) is 0 Å². The average molecular weight is 238 g/mol. The zero-order chi connectivity index (χ0) is 12.4. The Bertz CT molecular complexity index is 400. The molecule has 2 atom stereocenters. The van der Waals surface area contributed by atoms with Crippen LogP contribution < -0.4 is 5.06 Å². The lowest BCUT2D eigenvalue weighted by molar-refractivity contribution is 0.0307. The molecule has 0 saturated carbocycles. The van der Waals surface area contributed by atoms with Gasteiger partial charge >= 0.3 is 0 Å². The smallest absolute Gasteiger partial charge is 0.196 e. The third-order valence-electron chi connectivity index (χ3n) is 2.63. The van der Waals surface area contributed by atoms with Crippen molar-refractivity contribution in [1.29, 1.82) is 0 Å². The van der Waals surface area contributed by atoms with Crippen molar-refractivity contribution in [3.63, 3.8) is 0 Å². The van der Waals surface area contributed by atoms with Gasteiger partial charge in [-0.05, 0) is 20.8 Å². The van der Waals surface area contributed by atoms with Gasteiger partial charge in [-0.25, -0.2) is 5.06 Å². The Morgan fingerprint density at radius 1 is 1.53 bits per heavy atom. The first kappa shape index (κ1) is 12.1. The summed E-state index contributed by atoms with van der Waals surface area (Å²) < 4.78 is 10.6. The maximum absolute atomic E-state index is 9.99. The molecule has 0 bridgehead atoms. The van der Waals surface area contributed by atoms with Crippen LogP contribution in [0.1, 0.15) is 26.0 Å². The molecule has 0 radical (unpaired) electrons. The van der Waals surface area contributed by atoms with Gasteiger partial charge in [-0.1, -0.05) is 17.3 Å². The molecular formula is C12H18N2O3. The molecule has 94 valence electrons. The van der Waals surface area contributed by atoms with Gasteiger partial charge in [0.2, 0.25) is 0 Å². The highest BCUT2D eigenvalue weighted by Gasteiger charge is 2.26. The Morgan fingerprint density at radius 2 is 2.29 bits per heavy atom. The fraction of sp³-hybridized carbons (Fsp3) is 0.583. The number of hydrogen-bond acceptors (Lipinski definition) is 5. The van der Waals surface area contributed by atoms with Crippen LogP contribution in [0.4, 0.5) is 5.82 Å². The van der Waals surface area contributed by atoms with E-state index in [1.54, 1.807) is 13.0 Å². The van der Waals surface area contributed by atoms with Crippen LogP contribution in [-0.2, 0) is 4.74 Å². The average Bonchev–Trinajstić information content (AvgIpc) is 2.85. The first-order valence-corrected chi connectivity index (χ1v) is 5.81. The summed E-state index contributed by atoms with van der Waals surface area (Å²) in [6, 6.07) is 1.59. The van der Waals surface area contributed by atoms with E-state index in [4.69, 9.17) is 9.26 Å². The van der Waals surface area contributed by atoms with Gasteiger partial charge in [-0.3, -0.25) is 5.21 Å². The number of nitrogens with zero attached hydrogens (tertiary/aromatic N) is 2. The lowest BCUT2D eigenvalue weighted by Crippen LogP contribution is -2.31. The van der Waals surface area contributed by atoms with Crippen molar-refractivity contribution in [2.45, 2.75) is 45.4 Å². The summed E-state index contributed by atoms with van der Waals surface area (Å²) >= 11 is 0. The van der Waals surface area contributed by atoms with Crippen molar-refractivity contribution < 1.29 is 14.5 Å². The molecule has 0 fully saturated rings. The Kier molecular flexibility index (Phi) is 3.49. The van der Waals surface area contributed by atoms with Gasteiger partial charge in [-0.15, -0.1) is 0 Å². The Morgan fingerprint density at radius 3 is 2.88 bits per heavy atom. The number of rotatable bonds is 4. The van der Waals surface area contributed by atoms with E-state index in [1.807, 2.05) is 26.0 Å². The third-order valence-corrected chi connectivity index (χ3v) is 2.63. The molecule has 0 aliphatic heterocycles. The van der Waals surface area contributed by atoms with Crippen molar-refractivity contribution in [3.8, 4) is 0 Å². The highest BCUT2D eigenvalue weighted by atomic mass is 16.5. The Labute approximate surface area is 101 Å². The van der Waals surface area contributed by atoms with E-state index in [1.165, 1.54) is 0 Å². The normalized spacial score (nSPS) is 23.6. The quantitative estimate of drug-likeness (QED) is 0.644. The molecule has 2 rings (SSSR count). The van der Waals surface area contributed by atoms with E-state index < -0.39 is 0 Å². The lowest BCUT2D eigenvalue weighted by atomic mass is 10.2. The van der Waals surface area contributed by atoms with Crippen molar-refractivity contribution in [3.05, 3.63) is 24.0 Å². The highest BCUT2D eigenvalue weighted by molar-refractivity contribution is 5.38. The topological polar surface area (TPSA) is 58.7 Å². The number of hydroxylamine groups is 1. The highest BCUT2D eigenvalue weighted by Crippen LogP contribution is 2.24. The first-order chi connectivity index (χ1) is 8.06. The van der Waals surface area contributed by atoms with Gasteiger partial charge in [0.25, 0.3) is 0 Å². The van der Waals surface area contributed by atoms with E-state index in [9.17, 15) is 5.21 Å². The third kappa shape index (κ3) is 2.87. The van der Waals surface area contributed by atoms with Crippen LogP contribution in [-0.4, -0.2) is 28.6 Å². The van der Waals surface area contributed by atoms with Gasteiger partial charge in [0.15, 0.2) is 5.82 Å². The zero-order valence-corrected chi connectivity index (χ0v) is 10.3. The second-order valence-corrected chi connectivity index (χ2v) is 4.55. The molecule has 1 N–H and O–H groups in total. The second kappa shape index (κ2) is 4.89. The summed E-state index contributed by atoms with van der Waals surface area (Å²) in [7, 11) is 0. The van der Waals surface area contributed by atoms with Gasteiger partial charge < -0.3 is 9.26 Å². The summed E-state index contributed by atoms with van der Waals surface area (Å²) in [4.78, 5) is 0. The molecule has 0 unspecified atom stereocenters. The molecule has 1 aromatic heterocycles. The molecule has 1 aliphatic carbocycles. The van der Waals surface area contributed by atoms with Gasteiger partial charge in [0.1, 0.15) is 5.76 Å². The van der Waals surface area contributed by atoms with Crippen molar-refractivity contribution in [2.75, 3.05) is 5.06 Å². The summed E-state index contributed by atoms with van der Waals surface area (Å²) in [5, 5.41) is 14.9. The molecule has 0 amide bonds. The van der Waals surface area contributed by atoms with E-state index >= 15 is 0 Å². The number of aryl methyl sites for hydroxylation is 1. The monoisotopic (exact) mass is 238 g/mol. The molecule has 1 aromatic rings. The van der Waals surface area contributed by atoms with Crippen LogP contribution in [0.25, 0.3) is 0 Å². The van der Waals surface area contributed by atoms with E-state index in [2.05, 4.69) is 5.16 Å². The van der Waals surface area contributed by atoms with E-state index in [0.29, 0.717) is 11.6 Å². The summed E-state index contributed by atoms with van der Waals surface area (Å²) in [6.07, 6.45) is 4.87. The van der Waals surface area contributed by atoms with Gasteiger partial charge in [0.05, 0.1) is 18.2 Å². The minimum Gasteiger partial charge on any atom is -0.371 e. The van der Waals surface area contributed by atoms with Gasteiger partial charge in [0, 0.05) is 12.5 Å². The molecule has 0 spiro atoms. The maximum Gasteiger partial charge on any atom is 0.196 e. The van der Waals surface area contributed by atoms with Crippen molar-refractivity contribution in [1.82, 2.24) is 5.16 Å². The summed E-state index contributed by atoms with van der Waals surface area (Å²) in [5.41, 5.74) is 0.